The average Bonchev–Trinajstić information content (AvgIpc) is 2.72. The lowest BCUT2D eigenvalue weighted by molar-refractivity contribution is -0.121. The number of hydrogen-bond acceptors (Lipinski definition) is 3. The molecule has 0 unspecified atom stereocenters. The van der Waals surface area contributed by atoms with Gasteiger partial charge in [0.15, 0.2) is 0 Å². The number of halogens is 1. The highest BCUT2D eigenvalue weighted by Gasteiger charge is 2.10. The molecule has 0 saturated heterocycles. The molecular weight excluding hydrogens is 357 g/mol. The first kappa shape index (κ1) is 19.2. The molecule has 0 aliphatic rings. The molecule has 0 atom stereocenters. The van der Waals surface area contributed by atoms with E-state index in [2.05, 4.69) is 15.6 Å². The Morgan fingerprint density at radius 2 is 1.86 bits per heavy atom. The van der Waals surface area contributed by atoms with Gasteiger partial charge in [-0.25, -0.2) is 4.39 Å². The van der Waals surface area contributed by atoms with Crippen molar-refractivity contribution in [2.75, 3.05) is 5.32 Å². The van der Waals surface area contributed by atoms with Crippen LogP contribution in [-0.4, -0.2) is 16.8 Å². The van der Waals surface area contributed by atoms with Crippen molar-refractivity contribution in [3.8, 4) is 0 Å². The third kappa shape index (κ3) is 5.48. The Bertz CT molecular complexity index is 961. The van der Waals surface area contributed by atoms with Crippen molar-refractivity contribution < 1.29 is 14.0 Å². The molecule has 3 aromatic rings. The van der Waals surface area contributed by atoms with Gasteiger partial charge in [0, 0.05) is 31.0 Å². The number of nitrogens with zero attached hydrogens (tertiary/aromatic N) is 1. The van der Waals surface area contributed by atoms with Crippen LogP contribution < -0.4 is 10.6 Å². The SMILES string of the molecule is O=C(CCc1cccc(F)c1)NCc1ccccc1NC(=O)c1cccnc1. The number of para-hydroxylation sites is 1. The van der Waals surface area contributed by atoms with E-state index in [0.29, 0.717) is 17.7 Å². The molecule has 0 radical (unpaired) electrons. The summed E-state index contributed by atoms with van der Waals surface area (Å²) in [5.41, 5.74) is 2.65. The fourth-order valence-corrected chi connectivity index (χ4v) is 2.72. The number of aromatic nitrogens is 1. The minimum absolute atomic E-state index is 0.141. The summed E-state index contributed by atoms with van der Waals surface area (Å²) >= 11 is 0. The Morgan fingerprint density at radius 3 is 2.64 bits per heavy atom. The van der Waals surface area contributed by atoms with Crippen LogP contribution in [0.25, 0.3) is 0 Å². The molecule has 0 spiro atoms. The Balaban J connectivity index is 1.56. The molecule has 0 bridgehead atoms. The van der Waals surface area contributed by atoms with E-state index in [1.807, 2.05) is 18.2 Å². The highest BCUT2D eigenvalue weighted by molar-refractivity contribution is 6.04. The van der Waals surface area contributed by atoms with Gasteiger partial charge in [0.2, 0.25) is 5.91 Å². The number of anilines is 1. The number of rotatable bonds is 7. The van der Waals surface area contributed by atoms with E-state index in [4.69, 9.17) is 0 Å². The molecule has 0 aliphatic carbocycles. The van der Waals surface area contributed by atoms with Crippen LogP contribution in [0.5, 0.6) is 0 Å². The Morgan fingerprint density at radius 1 is 1.00 bits per heavy atom. The summed E-state index contributed by atoms with van der Waals surface area (Å²) in [6.45, 7) is 0.283. The van der Waals surface area contributed by atoms with Crippen LogP contribution in [0.4, 0.5) is 10.1 Å². The highest BCUT2D eigenvalue weighted by atomic mass is 19.1. The minimum atomic E-state index is -0.309. The molecule has 2 aromatic carbocycles. The predicted octanol–water partition coefficient (Wildman–Crippen LogP) is 3.72. The van der Waals surface area contributed by atoms with Gasteiger partial charge in [-0.2, -0.15) is 0 Å². The lowest BCUT2D eigenvalue weighted by atomic mass is 10.1. The van der Waals surface area contributed by atoms with Crippen molar-refractivity contribution in [3.05, 3.63) is 95.6 Å². The summed E-state index contributed by atoms with van der Waals surface area (Å²) in [6, 6.07) is 16.9. The molecule has 2 amide bonds. The highest BCUT2D eigenvalue weighted by Crippen LogP contribution is 2.16. The van der Waals surface area contributed by atoms with Crippen molar-refractivity contribution in [2.45, 2.75) is 19.4 Å². The number of nitrogens with one attached hydrogen (secondary N) is 2. The Labute approximate surface area is 162 Å². The number of aryl methyl sites for hydroxylation is 1. The van der Waals surface area contributed by atoms with Gasteiger partial charge in [0.05, 0.1) is 5.56 Å². The van der Waals surface area contributed by atoms with Gasteiger partial charge in [0.1, 0.15) is 5.82 Å². The van der Waals surface area contributed by atoms with Crippen LogP contribution in [0.3, 0.4) is 0 Å². The van der Waals surface area contributed by atoms with Crippen molar-refractivity contribution in [3.63, 3.8) is 0 Å². The van der Waals surface area contributed by atoms with E-state index in [-0.39, 0.29) is 30.6 Å². The Hall–Kier alpha value is -3.54. The first-order valence-electron chi connectivity index (χ1n) is 8.92. The number of hydrogen-bond donors (Lipinski definition) is 2. The zero-order valence-corrected chi connectivity index (χ0v) is 15.2. The molecule has 5 nitrogen and oxygen atoms in total. The quantitative estimate of drug-likeness (QED) is 0.659. The zero-order chi connectivity index (χ0) is 19.8. The third-order valence-electron chi connectivity index (χ3n) is 4.20. The van der Waals surface area contributed by atoms with E-state index in [1.165, 1.54) is 18.3 Å². The lowest BCUT2D eigenvalue weighted by Gasteiger charge is -2.12. The van der Waals surface area contributed by atoms with E-state index in [9.17, 15) is 14.0 Å². The lowest BCUT2D eigenvalue weighted by Crippen LogP contribution is -2.24. The summed E-state index contributed by atoms with van der Waals surface area (Å²) in [6.07, 6.45) is 3.81. The van der Waals surface area contributed by atoms with Gasteiger partial charge in [-0.15, -0.1) is 0 Å². The summed E-state index contributed by atoms with van der Waals surface area (Å²) < 4.78 is 13.2. The summed E-state index contributed by atoms with van der Waals surface area (Å²) in [5.74, 6) is -0.716. The normalized spacial score (nSPS) is 10.3. The van der Waals surface area contributed by atoms with Crippen molar-refractivity contribution >= 4 is 17.5 Å². The maximum absolute atomic E-state index is 13.2. The number of pyridine rings is 1. The van der Waals surface area contributed by atoms with Gasteiger partial charge in [-0.1, -0.05) is 30.3 Å². The molecular formula is C22H20FN3O2. The summed E-state index contributed by atoms with van der Waals surface area (Å²) in [4.78, 5) is 28.4. The summed E-state index contributed by atoms with van der Waals surface area (Å²) in [7, 11) is 0. The number of carbonyl (C=O) groups excluding carboxylic acids is 2. The summed E-state index contributed by atoms with van der Waals surface area (Å²) in [5, 5.41) is 5.68. The molecule has 0 aliphatic heterocycles. The number of amides is 2. The van der Waals surface area contributed by atoms with Crippen LogP contribution in [0.2, 0.25) is 0 Å². The first-order chi connectivity index (χ1) is 13.6. The molecule has 142 valence electrons. The molecule has 1 heterocycles. The smallest absolute Gasteiger partial charge is 0.257 e. The maximum atomic E-state index is 13.2. The molecule has 0 fully saturated rings. The van der Waals surface area contributed by atoms with E-state index in [1.54, 1.807) is 36.5 Å². The molecule has 3 rings (SSSR count). The standard InChI is InChI=1S/C22H20FN3O2/c23-19-8-3-5-16(13-19)10-11-21(27)25-15-17-6-1-2-9-20(17)26-22(28)18-7-4-12-24-14-18/h1-9,12-14H,10-11,15H2,(H,25,27)(H,26,28). The molecule has 0 saturated carbocycles. The van der Waals surface area contributed by atoms with Gasteiger partial charge >= 0.3 is 0 Å². The monoisotopic (exact) mass is 377 g/mol. The minimum Gasteiger partial charge on any atom is -0.352 e. The number of benzene rings is 2. The van der Waals surface area contributed by atoms with Crippen LogP contribution >= 0.6 is 0 Å². The van der Waals surface area contributed by atoms with Gasteiger partial charge in [-0.05, 0) is 47.9 Å². The fraction of sp³-hybridized carbons (Fsp3) is 0.136. The van der Waals surface area contributed by atoms with Crippen LogP contribution in [0, 0.1) is 5.82 Å². The second kappa shape index (κ2) is 9.41. The van der Waals surface area contributed by atoms with Crippen LogP contribution in [-0.2, 0) is 17.8 Å². The fourth-order valence-electron chi connectivity index (χ4n) is 2.72. The topological polar surface area (TPSA) is 71.1 Å². The molecule has 2 N–H and O–H groups in total. The molecule has 28 heavy (non-hydrogen) atoms. The zero-order valence-electron chi connectivity index (χ0n) is 15.2. The molecule has 1 aromatic heterocycles. The largest absolute Gasteiger partial charge is 0.352 e. The van der Waals surface area contributed by atoms with Crippen LogP contribution in [0.15, 0.2) is 73.1 Å². The van der Waals surface area contributed by atoms with E-state index < -0.39 is 0 Å². The molecule has 6 heteroatoms. The average molecular weight is 377 g/mol. The Kier molecular flexibility index (Phi) is 6.46. The van der Waals surface area contributed by atoms with E-state index >= 15 is 0 Å². The van der Waals surface area contributed by atoms with Crippen LogP contribution in [0.1, 0.15) is 27.9 Å². The maximum Gasteiger partial charge on any atom is 0.257 e. The van der Waals surface area contributed by atoms with Crippen molar-refractivity contribution in [2.24, 2.45) is 0 Å². The first-order valence-corrected chi connectivity index (χ1v) is 8.92. The second-order valence-electron chi connectivity index (χ2n) is 6.26. The van der Waals surface area contributed by atoms with Gasteiger partial charge in [0.25, 0.3) is 5.91 Å². The number of carbonyl (C=O) groups is 2. The van der Waals surface area contributed by atoms with Crippen molar-refractivity contribution in [1.82, 2.24) is 10.3 Å². The van der Waals surface area contributed by atoms with Crippen molar-refractivity contribution in [1.29, 1.82) is 0 Å². The van der Waals surface area contributed by atoms with Gasteiger partial charge < -0.3 is 10.6 Å². The predicted molar refractivity (Wildman–Crippen MR) is 105 cm³/mol. The van der Waals surface area contributed by atoms with E-state index in [0.717, 1.165) is 11.1 Å². The second-order valence-corrected chi connectivity index (χ2v) is 6.26. The van der Waals surface area contributed by atoms with Gasteiger partial charge in [-0.3, -0.25) is 14.6 Å². The third-order valence-corrected chi connectivity index (χ3v) is 4.20.